The van der Waals surface area contributed by atoms with Gasteiger partial charge in [-0.1, -0.05) is 54.6 Å². The minimum atomic E-state index is -3.16. The molecule has 0 heterocycles. The summed E-state index contributed by atoms with van der Waals surface area (Å²) in [6, 6.07) is 19.0. The Morgan fingerprint density at radius 1 is 1.08 bits per heavy atom. The molecule has 0 bridgehead atoms. The zero-order valence-corrected chi connectivity index (χ0v) is 15.6. The molecule has 0 unspecified atom stereocenters. The highest BCUT2D eigenvalue weighted by molar-refractivity contribution is 7.88. The number of hydrogen-bond acceptors (Lipinski definition) is 3. The summed E-state index contributed by atoms with van der Waals surface area (Å²) < 4.78 is 25.8. The summed E-state index contributed by atoms with van der Waals surface area (Å²) in [6.45, 7) is 0. The topological polar surface area (TPSA) is 58.2 Å². The van der Waals surface area contributed by atoms with E-state index in [1.807, 2.05) is 13.1 Å². The normalized spacial score (nSPS) is 23.7. The van der Waals surface area contributed by atoms with Gasteiger partial charge in [0, 0.05) is 11.6 Å². The Labute approximate surface area is 150 Å². The van der Waals surface area contributed by atoms with Crippen LogP contribution in [0.3, 0.4) is 0 Å². The molecule has 1 aliphatic rings. The zero-order chi connectivity index (χ0) is 17.9. The first-order chi connectivity index (χ1) is 11.9. The molecule has 4 nitrogen and oxygen atoms in total. The van der Waals surface area contributed by atoms with E-state index in [1.165, 1.54) is 22.9 Å². The molecule has 0 aliphatic heterocycles. The van der Waals surface area contributed by atoms with E-state index >= 15 is 0 Å². The molecule has 2 N–H and O–H groups in total. The van der Waals surface area contributed by atoms with E-state index in [9.17, 15) is 8.42 Å². The van der Waals surface area contributed by atoms with Gasteiger partial charge in [-0.15, -0.1) is 0 Å². The van der Waals surface area contributed by atoms with E-state index in [-0.39, 0.29) is 11.6 Å². The van der Waals surface area contributed by atoms with Crippen LogP contribution in [0.25, 0.3) is 11.1 Å². The first-order valence-electron chi connectivity index (χ1n) is 8.70. The van der Waals surface area contributed by atoms with Crippen molar-refractivity contribution in [3.8, 4) is 11.1 Å². The third-order valence-electron chi connectivity index (χ3n) is 5.10. The maximum atomic E-state index is 11.5. The number of benzene rings is 2. The second-order valence-corrected chi connectivity index (χ2v) is 8.88. The molecule has 2 atom stereocenters. The van der Waals surface area contributed by atoms with Crippen molar-refractivity contribution in [1.29, 1.82) is 0 Å². The van der Waals surface area contributed by atoms with Gasteiger partial charge >= 0.3 is 0 Å². The van der Waals surface area contributed by atoms with Gasteiger partial charge in [0.2, 0.25) is 10.0 Å². The maximum absolute atomic E-state index is 11.5. The lowest BCUT2D eigenvalue weighted by atomic mass is 9.88. The molecule has 5 heteroatoms. The molecule has 1 aliphatic carbocycles. The molecule has 0 amide bonds. The fraction of sp³-hybridized carbons (Fsp3) is 0.400. The lowest BCUT2D eigenvalue weighted by Gasteiger charge is -2.29. The van der Waals surface area contributed by atoms with E-state index in [0.29, 0.717) is 0 Å². The van der Waals surface area contributed by atoms with Crippen LogP contribution in [0.15, 0.2) is 54.6 Å². The van der Waals surface area contributed by atoms with E-state index in [4.69, 9.17) is 0 Å². The van der Waals surface area contributed by atoms with Crippen LogP contribution in [0.5, 0.6) is 0 Å². The van der Waals surface area contributed by atoms with Crippen LogP contribution in [0.1, 0.15) is 24.8 Å². The number of nitrogens with one attached hydrogen (secondary N) is 2. The third kappa shape index (κ3) is 4.69. The molecule has 1 fully saturated rings. The molecule has 134 valence electrons. The van der Waals surface area contributed by atoms with Crippen molar-refractivity contribution in [2.24, 2.45) is 0 Å². The van der Waals surface area contributed by atoms with Crippen molar-refractivity contribution in [3.63, 3.8) is 0 Å². The quantitative estimate of drug-likeness (QED) is 0.835. The molecule has 2 aromatic rings. The van der Waals surface area contributed by atoms with Gasteiger partial charge in [0.05, 0.1) is 6.26 Å². The average molecular weight is 359 g/mol. The van der Waals surface area contributed by atoms with Gasteiger partial charge in [-0.2, -0.15) is 0 Å². The van der Waals surface area contributed by atoms with Gasteiger partial charge in [-0.05, 0) is 49.4 Å². The van der Waals surface area contributed by atoms with Crippen molar-refractivity contribution in [3.05, 3.63) is 60.2 Å². The summed E-state index contributed by atoms with van der Waals surface area (Å²) in [5, 5.41) is 3.47. The summed E-state index contributed by atoms with van der Waals surface area (Å²) in [5.41, 5.74) is 3.65. The molecule has 1 saturated carbocycles. The highest BCUT2D eigenvalue weighted by Crippen LogP contribution is 2.34. The van der Waals surface area contributed by atoms with Gasteiger partial charge in [0.1, 0.15) is 0 Å². The highest BCUT2D eigenvalue weighted by Gasteiger charge is 2.38. The van der Waals surface area contributed by atoms with Crippen molar-refractivity contribution in [2.75, 3.05) is 13.3 Å². The molecule has 0 radical (unpaired) electrons. The van der Waals surface area contributed by atoms with Crippen LogP contribution in [-0.2, 0) is 16.4 Å². The molecule has 0 saturated heterocycles. The predicted molar refractivity (Wildman–Crippen MR) is 103 cm³/mol. The van der Waals surface area contributed by atoms with Crippen molar-refractivity contribution < 1.29 is 8.42 Å². The maximum Gasteiger partial charge on any atom is 0.208 e. The molecule has 0 spiro atoms. The SMILES string of the molecule is CN[C@@]1(Cc2cccc(-c3ccccc3)c2)CC[C@H](NS(C)(=O)=O)C1. The van der Waals surface area contributed by atoms with Crippen molar-refractivity contribution >= 4 is 10.0 Å². The van der Waals surface area contributed by atoms with Crippen LogP contribution in [0.4, 0.5) is 0 Å². The molecule has 0 aromatic heterocycles. The second kappa shape index (κ2) is 7.28. The Balaban J connectivity index is 1.77. The number of sulfonamides is 1. The highest BCUT2D eigenvalue weighted by atomic mass is 32.2. The monoisotopic (exact) mass is 358 g/mol. The minimum Gasteiger partial charge on any atom is -0.314 e. The van der Waals surface area contributed by atoms with Gasteiger partial charge in [-0.25, -0.2) is 13.1 Å². The van der Waals surface area contributed by atoms with E-state index < -0.39 is 10.0 Å². The van der Waals surface area contributed by atoms with E-state index in [2.05, 4.69) is 58.6 Å². The van der Waals surface area contributed by atoms with E-state index in [1.54, 1.807) is 0 Å². The molecule has 3 rings (SSSR count). The lowest BCUT2D eigenvalue weighted by Crippen LogP contribution is -2.44. The number of rotatable bonds is 6. The first-order valence-corrected chi connectivity index (χ1v) is 10.6. The summed E-state index contributed by atoms with van der Waals surface area (Å²) in [5.74, 6) is 0. The lowest BCUT2D eigenvalue weighted by molar-refractivity contribution is 0.350. The van der Waals surface area contributed by atoms with E-state index in [0.717, 1.165) is 25.7 Å². The van der Waals surface area contributed by atoms with Crippen LogP contribution in [-0.4, -0.2) is 33.3 Å². The van der Waals surface area contributed by atoms with Gasteiger partial charge < -0.3 is 5.32 Å². The van der Waals surface area contributed by atoms with Crippen molar-refractivity contribution in [1.82, 2.24) is 10.0 Å². The smallest absolute Gasteiger partial charge is 0.208 e. The standard InChI is InChI=1S/C20H26N2O2S/c1-21-20(12-11-19(15-20)22-25(2,23)24)14-16-7-6-10-18(13-16)17-8-4-3-5-9-17/h3-10,13,19,21-22H,11-12,14-15H2,1-2H3/t19-,20+/m0/s1. The average Bonchev–Trinajstić information content (AvgIpc) is 2.97. The zero-order valence-electron chi connectivity index (χ0n) is 14.8. The van der Waals surface area contributed by atoms with Crippen LogP contribution < -0.4 is 10.0 Å². The van der Waals surface area contributed by atoms with Crippen molar-refractivity contribution in [2.45, 2.75) is 37.3 Å². The molecule has 2 aromatic carbocycles. The van der Waals surface area contributed by atoms with Gasteiger partial charge in [-0.3, -0.25) is 0 Å². The number of likely N-dealkylation sites (N-methyl/N-ethyl adjacent to an activating group) is 1. The fourth-order valence-corrected chi connectivity index (χ4v) is 4.69. The summed E-state index contributed by atoms with van der Waals surface area (Å²) >= 11 is 0. The molecular weight excluding hydrogens is 332 g/mol. The molecular formula is C20H26N2O2S. The minimum absolute atomic E-state index is 0.0137. The Morgan fingerprint density at radius 3 is 2.48 bits per heavy atom. The van der Waals surface area contributed by atoms with Crippen LogP contribution in [0, 0.1) is 0 Å². The van der Waals surface area contributed by atoms with Gasteiger partial charge in [0.25, 0.3) is 0 Å². The first kappa shape index (κ1) is 18.1. The van der Waals surface area contributed by atoms with Crippen LogP contribution >= 0.6 is 0 Å². The summed E-state index contributed by atoms with van der Waals surface area (Å²) in [7, 11) is -1.18. The predicted octanol–water partition coefficient (Wildman–Crippen LogP) is 2.96. The summed E-state index contributed by atoms with van der Waals surface area (Å²) in [4.78, 5) is 0. The fourth-order valence-electron chi connectivity index (χ4n) is 3.89. The Bertz CT molecular complexity index is 821. The van der Waals surface area contributed by atoms with Gasteiger partial charge in [0.15, 0.2) is 0 Å². The summed E-state index contributed by atoms with van der Waals surface area (Å²) in [6.07, 6.45) is 4.77. The Kier molecular flexibility index (Phi) is 5.27. The van der Waals surface area contributed by atoms with Crippen LogP contribution in [0.2, 0.25) is 0 Å². The number of hydrogen-bond donors (Lipinski definition) is 2. The Morgan fingerprint density at radius 2 is 1.80 bits per heavy atom. The third-order valence-corrected chi connectivity index (χ3v) is 5.86. The Hall–Kier alpha value is -1.69. The largest absolute Gasteiger partial charge is 0.314 e. The second-order valence-electron chi connectivity index (χ2n) is 7.10. The molecule has 25 heavy (non-hydrogen) atoms.